The van der Waals surface area contributed by atoms with Crippen molar-refractivity contribution < 1.29 is 4.79 Å². The van der Waals surface area contributed by atoms with Crippen LogP contribution in [0.4, 0.5) is 0 Å². The molecule has 3 heteroatoms. The molecule has 0 fully saturated rings. The van der Waals surface area contributed by atoms with Crippen LogP contribution in [0.5, 0.6) is 0 Å². The third-order valence-electron chi connectivity index (χ3n) is 2.26. The molecular formula is C13H12N2O. The molecule has 3 nitrogen and oxygen atoms in total. The lowest BCUT2D eigenvalue weighted by Gasteiger charge is -1.98. The van der Waals surface area contributed by atoms with Gasteiger partial charge in [-0.05, 0) is 0 Å². The molecule has 0 aliphatic heterocycles. The maximum atomic E-state index is 10.2. The van der Waals surface area contributed by atoms with Crippen molar-refractivity contribution in [2.75, 3.05) is 0 Å². The molecule has 0 spiro atoms. The molecule has 0 amide bonds. The van der Waals surface area contributed by atoms with Crippen molar-refractivity contribution in [2.45, 2.75) is 6.42 Å². The van der Waals surface area contributed by atoms with Crippen LogP contribution in [0.25, 0.3) is 17.3 Å². The quantitative estimate of drug-likeness (QED) is 0.792. The summed E-state index contributed by atoms with van der Waals surface area (Å²) in [5.74, 6) is 0. The molecule has 0 atom stereocenters. The summed E-state index contributed by atoms with van der Waals surface area (Å²) in [5, 5.41) is 6.97. The summed E-state index contributed by atoms with van der Waals surface area (Å²) in [7, 11) is 0. The van der Waals surface area contributed by atoms with Crippen LogP contribution in [0.3, 0.4) is 0 Å². The molecule has 80 valence electrons. The van der Waals surface area contributed by atoms with Crippen molar-refractivity contribution in [1.82, 2.24) is 10.2 Å². The minimum atomic E-state index is 0.430. The van der Waals surface area contributed by atoms with Crippen LogP contribution in [0.15, 0.2) is 42.6 Å². The van der Waals surface area contributed by atoms with E-state index in [0.29, 0.717) is 6.42 Å². The Kier molecular flexibility index (Phi) is 3.28. The second kappa shape index (κ2) is 5.07. The predicted molar refractivity (Wildman–Crippen MR) is 63.7 cm³/mol. The Hall–Kier alpha value is -2.16. The van der Waals surface area contributed by atoms with Gasteiger partial charge in [0.1, 0.15) is 6.29 Å². The Bertz CT molecular complexity index is 486. The number of nitrogens with one attached hydrogen (secondary N) is 1. The molecule has 0 aliphatic rings. The van der Waals surface area contributed by atoms with Gasteiger partial charge in [-0.3, -0.25) is 5.10 Å². The fraction of sp³-hybridized carbons (Fsp3) is 0.0769. The van der Waals surface area contributed by atoms with Crippen molar-refractivity contribution in [3.63, 3.8) is 0 Å². The van der Waals surface area contributed by atoms with E-state index in [0.717, 1.165) is 23.1 Å². The van der Waals surface area contributed by atoms with Gasteiger partial charge < -0.3 is 4.79 Å². The molecule has 1 heterocycles. The highest BCUT2D eigenvalue weighted by atomic mass is 16.1. The minimum Gasteiger partial charge on any atom is -0.303 e. The molecule has 0 unspecified atom stereocenters. The highest BCUT2D eigenvalue weighted by molar-refractivity contribution is 5.72. The van der Waals surface area contributed by atoms with Crippen molar-refractivity contribution in [3.05, 3.63) is 48.2 Å². The molecule has 1 aromatic heterocycles. The number of carbonyl (C=O) groups is 1. The Morgan fingerprint density at radius 1 is 1.25 bits per heavy atom. The van der Waals surface area contributed by atoms with Gasteiger partial charge in [0.25, 0.3) is 0 Å². The molecule has 1 N–H and O–H groups in total. The van der Waals surface area contributed by atoms with Gasteiger partial charge in [0.15, 0.2) is 0 Å². The fourth-order valence-electron chi connectivity index (χ4n) is 1.51. The van der Waals surface area contributed by atoms with Crippen LogP contribution in [0, 0.1) is 0 Å². The lowest BCUT2D eigenvalue weighted by molar-refractivity contribution is -0.107. The zero-order chi connectivity index (χ0) is 11.2. The van der Waals surface area contributed by atoms with E-state index in [4.69, 9.17) is 0 Å². The van der Waals surface area contributed by atoms with Crippen molar-refractivity contribution in [3.8, 4) is 11.3 Å². The molecule has 0 aliphatic carbocycles. The number of nitrogens with zero attached hydrogens (tertiary/aromatic N) is 1. The number of hydrogen-bond donors (Lipinski definition) is 1. The minimum absolute atomic E-state index is 0.430. The van der Waals surface area contributed by atoms with Crippen LogP contribution < -0.4 is 0 Å². The summed E-state index contributed by atoms with van der Waals surface area (Å²) in [6.45, 7) is 0. The van der Waals surface area contributed by atoms with Gasteiger partial charge in [-0.15, -0.1) is 0 Å². The average molecular weight is 212 g/mol. The first kappa shape index (κ1) is 10.4. The first-order valence-corrected chi connectivity index (χ1v) is 5.11. The van der Waals surface area contributed by atoms with E-state index in [1.165, 1.54) is 0 Å². The molecule has 0 radical (unpaired) electrons. The van der Waals surface area contributed by atoms with E-state index < -0.39 is 0 Å². The summed E-state index contributed by atoms with van der Waals surface area (Å²) in [5.41, 5.74) is 3.06. The van der Waals surface area contributed by atoms with E-state index in [2.05, 4.69) is 10.2 Å². The third kappa shape index (κ3) is 2.25. The summed E-state index contributed by atoms with van der Waals surface area (Å²) < 4.78 is 0. The molecule has 0 saturated carbocycles. The monoisotopic (exact) mass is 212 g/mol. The average Bonchev–Trinajstić information content (AvgIpc) is 2.79. The van der Waals surface area contributed by atoms with E-state index in [1.54, 1.807) is 6.20 Å². The van der Waals surface area contributed by atoms with Gasteiger partial charge in [-0.2, -0.15) is 5.10 Å². The summed E-state index contributed by atoms with van der Waals surface area (Å²) in [6, 6.07) is 9.97. The number of allylic oxidation sites excluding steroid dienone is 1. The van der Waals surface area contributed by atoms with Crippen molar-refractivity contribution in [1.29, 1.82) is 0 Å². The van der Waals surface area contributed by atoms with Crippen LogP contribution in [-0.4, -0.2) is 16.5 Å². The summed E-state index contributed by atoms with van der Waals surface area (Å²) >= 11 is 0. The molecular weight excluding hydrogens is 200 g/mol. The fourth-order valence-corrected chi connectivity index (χ4v) is 1.51. The second-order valence-corrected chi connectivity index (χ2v) is 3.37. The maximum absolute atomic E-state index is 10.2. The summed E-state index contributed by atoms with van der Waals surface area (Å²) in [4.78, 5) is 10.2. The Balaban J connectivity index is 2.29. The predicted octanol–water partition coefficient (Wildman–Crippen LogP) is 2.68. The first-order chi connectivity index (χ1) is 7.92. The van der Waals surface area contributed by atoms with Gasteiger partial charge in [-0.25, -0.2) is 0 Å². The number of aldehydes is 1. The normalized spacial score (nSPS) is 10.8. The molecule has 16 heavy (non-hydrogen) atoms. The summed E-state index contributed by atoms with van der Waals surface area (Å²) in [6.07, 6.45) is 6.78. The van der Waals surface area contributed by atoms with Crippen molar-refractivity contribution >= 4 is 12.4 Å². The molecule has 0 bridgehead atoms. The van der Waals surface area contributed by atoms with Crippen LogP contribution in [0.1, 0.15) is 12.0 Å². The zero-order valence-electron chi connectivity index (χ0n) is 8.76. The number of hydrogen-bond acceptors (Lipinski definition) is 2. The topological polar surface area (TPSA) is 45.8 Å². The first-order valence-electron chi connectivity index (χ1n) is 5.11. The zero-order valence-corrected chi connectivity index (χ0v) is 8.76. The molecule has 2 rings (SSSR count). The molecule has 0 saturated heterocycles. The van der Waals surface area contributed by atoms with Gasteiger partial charge >= 0.3 is 0 Å². The SMILES string of the molecule is O=CCC=Cc1cn[nH]c1-c1ccccc1. The Morgan fingerprint density at radius 3 is 2.81 bits per heavy atom. The lowest BCUT2D eigenvalue weighted by atomic mass is 10.1. The number of aromatic amines is 1. The highest BCUT2D eigenvalue weighted by Gasteiger charge is 2.03. The number of carbonyl (C=O) groups excluding carboxylic acids is 1. The Labute approximate surface area is 93.8 Å². The van der Waals surface area contributed by atoms with E-state index >= 15 is 0 Å². The van der Waals surface area contributed by atoms with Gasteiger partial charge in [0.05, 0.1) is 11.9 Å². The number of H-pyrrole nitrogens is 1. The van der Waals surface area contributed by atoms with Crippen LogP contribution in [0.2, 0.25) is 0 Å². The Morgan fingerprint density at radius 2 is 2.06 bits per heavy atom. The molecule has 1 aromatic carbocycles. The largest absolute Gasteiger partial charge is 0.303 e. The van der Waals surface area contributed by atoms with Gasteiger partial charge in [0.2, 0.25) is 0 Å². The lowest BCUT2D eigenvalue weighted by Crippen LogP contribution is -1.80. The second-order valence-electron chi connectivity index (χ2n) is 3.37. The van der Waals surface area contributed by atoms with E-state index in [9.17, 15) is 4.79 Å². The standard InChI is InChI=1S/C13H12N2O/c16-9-5-4-8-12-10-14-15-13(12)11-6-2-1-3-7-11/h1-4,6-10H,5H2,(H,14,15). The number of benzene rings is 1. The van der Waals surface area contributed by atoms with Crippen molar-refractivity contribution in [2.24, 2.45) is 0 Å². The third-order valence-corrected chi connectivity index (χ3v) is 2.26. The van der Waals surface area contributed by atoms with Gasteiger partial charge in [0, 0.05) is 17.5 Å². The van der Waals surface area contributed by atoms with E-state index in [1.807, 2.05) is 42.5 Å². The van der Waals surface area contributed by atoms with E-state index in [-0.39, 0.29) is 0 Å². The maximum Gasteiger partial charge on any atom is 0.123 e. The molecule has 2 aromatic rings. The van der Waals surface area contributed by atoms with Crippen LogP contribution >= 0.6 is 0 Å². The number of rotatable bonds is 4. The number of aromatic nitrogens is 2. The van der Waals surface area contributed by atoms with Crippen LogP contribution in [-0.2, 0) is 4.79 Å². The van der Waals surface area contributed by atoms with Gasteiger partial charge in [-0.1, -0.05) is 42.5 Å². The smallest absolute Gasteiger partial charge is 0.123 e. The highest BCUT2D eigenvalue weighted by Crippen LogP contribution is 2.21.